The summed E-state index contributed by atoms with van der Waals surface area (Å²) in [5.74, 6) is -1.45. The molecule has 0 saturated carbocycles. The molecular weight excluding hydrogens is 493 g/mol. The number of benzene rings is 1. The summed E-state index contributed by atoms with van der Waals surface area (Å²) in [6.45, 7) is 4.51. The van der Waals surface area contributed by atoms with Crippen LogP contribution in [0.15, 0.2) is 55.1 Å². The number of hydrogen-bond acceptors (Lipinski definition) is 9. The second-order valence-electron chi connectivity index (χ2n) is 9.10. The van der Waals surface area contributed by atoms with Crippen LogP contribution in [0.3, 0.4) is 0 Å². The molecule has 38 heavy (non-hydrogen) atoms. The van der Waals surface area contributed by atoms with E-state index in [-0.39, 0.29) is 34.4 Å². The molecule has 1 aliphatic rings. The number of pyridine rings is 1. The molecule has 5 aromatic rings. The molecule has 1 amide bonds. The van der Waals surface area contributed by atoms with Crippen molar-refractivity contribution < 1.29 is 14.0 Å². The highest BCUT2D eigenvalue weighted by Gasteiger charge is 2.38. The first-order valence-corrected chi connectivity index (χ1v) is 11.9. The third-order valence-electron chi connectivity index (χ3n) is 6.61. The lowest BCUT2D eigenvalue weighted by Crippen LogP contribution is -2.60. The lowest BCUT2D eigenvalue weighted by atomic mass is 10.0. The molecule has 1 saturated heterocycles. The highest BCUT2D eigenvalue weighted by Crippen LogP contribution is 2.28. The number of amides is 1. The molecule has 1 aliphatic heterocycles. The first kappa shape index (κ1) is 23.4. The van der Waals surface area contributed by atoms with Gasteiger partial charge in [-0.3, -0.25) is 9.59 Å². The van der Waals surface area contributed by atoms with E-state index in [0.717, 1.165) is 11.9 Å². The fourth-order valence-corrected chi connectivity index (χ4v) is 5.00. The zero-order valence-corrected chi connectivity index (χ0v) is 20.4. The van der Waals surface area contributed by atoms with Crippen LogP contribution < -0.4 is 4.90 Å². The number of H-pyrrole nitrogens is 1. The summed E-state index contributed by atoms with van der Waals surface area (Å²) in [6.07, 6.45) is 5.32. The van der Waals surface area contributed by atoms with Gasteiger partial charge in [-0.2, -0.15) is 4.68 Å². The van der Waals surface area contributed by atoms with E-state index in [1.165, 1.54) is 22.0 Å². The number of aromatic nitrogens is 9. The molecule has 4 aromatic heterocycles. The van der Waals surface area contributed by atoms with Gasteiger partial charge in [0.15, 0.2) is 11.6 Å². The van der Waals surface area contributed by atoms with Crippen molar-refractivity contribution >= 4 is 28.5 Å². The zero-order valence-electron chi connectivity index (χ0n) is 20.4. The van der Waals surface area contributed by atoms with Crippen molar-refractivity contribution in [3.05, 3.63) is 66.5 Å². The first-order chi connectivity index (χ1) is 18.4. The van der Waals surface area contributed by atoms with Crippen LogP contribution in [0.25, 0.3) is 22.4 Å². The van der Waals surface area contributed by atoms with E-state index in [2.05, 4.69) is 35.8 Å². The van der Waals surface area contributed by atoms with Gasteiger partial charge in [-0.05, 0) is 36.4 Å². The Morgan fingerprint density at radius 1 is 1.08 bits per heavy atom. The summed E-state index contributed by atoms with van der Waals surface area (Å²) >= 11 is 0. The standard InChI is InChI=1S/C24H22FN11O2/c1-14-12-33(24-29-30-32-36(24)16-6-4-3-5-7-16)13-15(2)35(14)23(38)21(37)17-10-26-20-19(17)18(25)11-27-22(20)34-9-8-28-31-34/h3-11,14-15,26H,12-13H2,1-2H3/t14-,15+. The number of piperazine rings is 1. The SMILES string of the molecule is C[C@@H]1CN(c2nnnn2-c2ccccc2)C[C@H](C)N1C(=O)C(=O)c1c[nH]c2c(-n3ccnn3)ncc(F)c12. The zero-order chi connectivity index (χ0) is 26.4. The minimum absolute atomic E-state index is 0.0233. The van der Waals surface area contributed by atoms with Crippen molar-refractivity contribution in [2.75, 3.05) is 18.0 Å². The van der Waals surface area contributed by atoms with Crippen LogP contribution >= 0.6 is 0 Å². The average molecular weight is 516 g/mol. The maximum absolute atomic E-state index is 14.9. The smallest absolute Gasteiger partial charge is 0.295 e. The Hall–Kier alpha value is -5.01. The highest BCUT2D eigenvalue weighted by molar-refractivity contribution is 6.45. The molecule has 5 heterocycles. The van der Waals surface area contributed by atoms with Crippen LogP contribution in [0.2, 0.25) is 0 Å². The molecule has 1 N–H and O–H groups in total. The average Bonchev–Trinajstić information content (AvgIpc) is 3.70. The molecule has 1 fully saturated rings. The molecule has 14 heteroatoms. The summed E-state index contributed by atoms with van der Waals surface area (Å²) < 4.78 is 17.9. The maximum Gasteiger partial charge on any atom is 0.295 e. The van der Waals surface area contributed by atoms with E-state index in [1.54, 1.807) is 10.9 Å². The highest BCUT2D eigenvalue weighted by atomic mass is 19.1. The summed E-state index contributed by atoms with van der Waals surface area (Å²) in [4.78, 5) is 37.4. The number of rotatable bonds is 5. The van der Waals surface area contributed by atoms with E-state index >= 15 is 0 Å². The minimum Gasteiger partial charge on any atom is -0.357 e. The van der Waals surface area contributed by atoms with Gasteiger partial charge in [0.25, 0.3) is 17.6 Å². The molecule has 13 nitrogen and oxygen atoms in total. The summed E-state index contributed by atoms with van der Waals surface area (Å²) in [6, 6.07) is 8.80. The maximum atomic E-state index is 14.9. The van der Waals surface area contributed by atoms with Gasteiger partial charge in [-0.15, -0.1) is 5.10 Å². The summed E-state index contributed by atoms with van der Waals surface area (Å²) in [5, 5.41) is 19.8. The van der Waals surface area contributed by atoms with Crippen LogP contribution in [-0.2, 0) is 4.79 Å². The molecule has 0 aliphatic carbocycles. The third kappa shape index (κ3) is 3.77. The molecule has 0 bridgehead atoms. The van der Waals surface area contributed by atoms with Crippen LogP contribution in [0.1, 0.15) is 24.2 Å². The molecule has 0 radical (unpaired) electrons. The number of carbonyl (C=O) groups excluding carboxylic acids is 2. The molecular formula is C24H22FN11O2. The van der Waals surface area contributed by atoms with Crippen molar-refractivity contribution in [3.63, 3.8) is 0 Å². The Morgan fingerprint density at radius 2 is 1.84 bits per heavy atom. The second kappa shape index (κ2) is 9.14. The molecule has 0 unspecified atom stereocenters. The van der Waals surface area contributed by atoms with Gasteiger partial charge >= 0.3 is 0 Å². The van der Waals surface area contributed by atoms with Crippen LogP contribution in [0.4, 0.5) is 10.3 Å². The number of nitrogens with zero attached hydrogens (tertiary/aromatic N) is 10. The Morgan fingerprint density at radius 3 is 2.55 bits per heavy atom. The van der Waals surface area contributed by atoms with E-state index in [4.69, 9.17) is 0 Å². The number of carbonyl (C=O) groups is 2. The Labute approximate surface area is 214 Å². The van der Waals surface area contributed by atoms with E-state index in [0.29, 0.717) is 19.0 Å². The Balaban J connectivity index is 1.27. The fourth-order valence-electron chi connectivity index (χ4n) is 5.00. The molecule has 192 valence electrons. The van der Waals surface area contributed by atoms with Crippen molar-refractivity contribution in [1.29, 1.82) is 0 Å². The topological polar surface area (TPSA) is 144 Å². The second-order valence-corrected chi connectivity index (χ2v) is 9.10. The van der Waals surface area contributed by atoms with E-state index in [9.17, 15) is 14.0 Å². The molecule has 6 rings (SSSR count). The van der Waals surface area contributed by atoms with Crippen molar-refractivity contribution in [3.8, 4) is 11.5 Å². The normalized spacial score (nSPS) is 17.8. The fraction of sp³-hybridized carbons (Fsp3) is 0.250. The van der Waals surface area contributed by atoms with Crippen molar-refractivity contribution in [2.45, 2.75) is 25.9 Å². The van der Waals surface area contributed by atoms with Crippen molar-refractivity contribution in [1.82, 2.24) is 50.1 Å². The number of nitrogens with one attached hydrogen (secondary N) is 1. The number of hydrogen-bond donors (Lipinski definition) is 1. The van der Waals surface area contributed by atoms with E-state index in [1.807, 2.05) is 49.1 Å². The number of fused-ring (bicyclic) bond motifs is 1. The van der Waals surface area contributed by atoms with Crippen LogP contribution in [0.5, 0.6) is 0 Å². The van der Waals surface area contributed by atoms with E-state index < -0.39 is 17.5 Å². The number of tetrazole rings is 1. The minimum atomic E-state index is -0.813. The third-order valence-corrected chi connectivity index (χ3v) is 6.61. The number of anilines is 1. The van der Waals surface area contributed by atoms with Gasteiger partial charge < -0.3 is 14.8 Å². The molecule has 2 atom stereocenters. The quantitative estimate of drug-likeness (QED) is 0.272. The predicted molar refractivity (Wildman–Crippen MR) is 132 cm³/mol. The number of Topliss-reactive ketones (excluding diaryl/α,β-unsaturated/α-hetero) is 1. The van der Waals surface area contributed by atoms with Crippen LogP contribution in [0, 0.1) is 5.82 Å². The first-order valence-electron chi connectivity index (χ1n) is 11.9. The Bertz CT molecular complexity index is 1620. The molecule has 0 spiro atoms. The van der Waals surface area contributed by atoms with Crippen LogP contribution in [-0.4, -0.2) is 86.9 Å². The number of para-hydroxylation sites is 1. The number of ketones is 1. The number of halogens is 1. The van der Waals surface area contributed by atoms with Gasteiger partial charge in [0, 0.05) is 31.4 Å². The van der Waals surface area contributed by atoms with Crippen molar-refractivity contribution in [2.24, 2.45) is 0 Å². The molecule has 1 aromatic carbocycles. The lowest BCUT2D eigenvalue weighted by molar-refractivity contribution is -0.131. The lowest BCUT2D eigenvalue weighted by Gasteiger charge is -2.44. The predicted octanol–water partition coefficient (Wildman–Crippen LogP) is 1.57. The summed E-state index contributed by atoms with van der Waals surface area (Å²) in [5.41, 5.74) is 0.981. The monoisotopic (exact) mass is 515 g/mol. The summed E-state index contributed by atoms with van der Waals surface area (Å²) in [7, 11) is 0. The largest absolute Gasteiger partial charge is 0.357 e. The van der Waals surface area contributed by atoms with Gasteiger partial charge in [0.2, 0.25) is 0 Å². The number of aromatic amines is 1. The van der Waals surface area contributed by atoms with Gasteiger partial charge in [-0.25, -0.2) is 14.1 Å². The Kier molecular flexibility index (Phi) is 5.62. The van der Waals surface area contributed by atoms with Gasteiger partial charge in [0.1, 0.15) is 0 Å². The van der Waals surface area contributed by atoms with Gasteiger partial charge in [-0.1, -0.05) is 28.5 Å². The van der Waals surface area contributed by atoms with Gasteiger partial charge in [0.05, 0.1) is 40.7 Å².